The van der Waals surface area contributed by atoms with Crippen LogP contribution in [0, 0.1) is 5.92 Å². The first-order valence-electron chi connectivity index (χ1n) is 6.74. The lowest BCUT2D eigenvalue weighted by Gasteiger charge is -2.41. The van der Waals surface area contributed by atoms with Gasteiger partial charge in [-0.1, -0.05) is 0 Å². The molecule has 1 aliphatic carbocycles. The minimum absolute atomic E-state index is 0.0291. The van der Waals surface area contributed by atoms with E-state index in [1.807, 2.05) is 23.8 Å². The van der Waals surface area contributed by atoms with Crippen LogP contribution in [0.4, 0.5) is 0 Å². The molecule has 3 atom stereocenters. The van der Waals surface area contributed by atoms with Crippen LogP contribution in [0.25, 0.3) is 0 Å². The van der Waals surface area contributed by atoms with Crippen LogP contribution in [-0.2, 0) is 9.59 Å². The fraction of sp³-hybridized carbons (Fsp3) is 0.571. The highest BCUT2D eigenvalue weighted by Gasteiger charge is 2.46. The molecule has 1 aromatic heterocycles. The molecule has 0 spiro atoms. The third-order valence-corrected chi connectivity index (χ3v) is 4.85. The Labute approximate surface area is 116 Å². The first-order chi connectivity index (χ1) is 9.09. The van der Waals surface area contributed by atoms with Gasteiger partial charge in [-0.3, -0.25) is 9.59 Å². The minimum Gasteiger partial charge on any atom is -0.342 e. The molecular weight excluding hydrogens is 260 g/mol. The number of thiophene rings is 1. The first kappa shape index (κ1) is 12.7. The molecule has 2 aliphatic rings. The number of hydrogen-bond acceptors (Lipinski definition) is 3. The molecule has 1 saturated carbocycles. The lowest BCUT2D eigenvalue weighted by atomic mass is 10.00. The summed E-state index contributed by atoms with van der Waals surface area (Å²) < 4.78 is 0. The summed E-state index contributed by atoms with van der Waals surface area (Å²) in [4.78, 5) is 26.4. The van der Waals surface area contributed by atoms with Crippen molar-refractivity contribution < 1.29 is 9.59 Å². The molecule has 3 unspecified atom stereocenters. The maximum absolute atomic E-state index is 12.6. The van der Waals surface area contributed by atoms with Gasteiger partial charge in [0, 0.05) is 0 Å². The highest BCUT2D eigenvalue weighted by molar-refractivity contribution is 7.07. The molecule has 0 aromatic carbocycles. The largest absolute Gasteiger partial charge is 0.342 e. The zero-order valence-electron chi connectivity index (χ0n) is 11.1. The van der Waals surface area contributed by atoms with Gasteiger partial charge in [-0.2, -0.15) is 11.3 Å². The molecule has 3 rings (SSSR count). The van der Waals surface area contributed by atoms with Crippen molar-refractivity contribution in [3.63, 3.8) is 0 Å². The maximum atomic E-state index is 12.6. The molecule has 0 bridgehead atoms. The minimum atomic E-state index is -0.391. The Morgan fingerprint density at radius 2 is 2.16 bits per heavy atom. The first-order valence-corrected chi connectivity index (χ1v) is 7.68. The lowest BCUT2D eigenvalue weighted by Crippen LogP contribution is -2.63. The van der Waals surface area contributed by atoms with Crippen LogP contribution in [0.3, 0.4) is 0 Å². The Morgan fingerprint density at radius 1 is 1.42 bits per heavy atom. The lowest BCUT2D eigenvalue weighted by molar-refractivity contribution is -0.151. The van der Waals surface area contributed by atoms with Gasteiger partial charge in [0.2, 0.25) is 11.8 Å². The van der Waals surface area contributed by atoms with Crippen LogP contribution in [0.2, 0.25) is 0 Å². The van der Waals surface area contributed by atoms with Crippen LogP contribution in [0.5, 0.6) is 0 Å². The Balaban J connectivity index is 1.88. The second-order valence-electron chi connectivity index (χ2n) is 5.48. The topological polar surface area (TPSA) is 49.4 Å². The summed E-state index contributed by atoms with van der Waals surface area (Å²) in [6.07, 6.45) is 2.09. The summed E-state index contributed by atoms with van der Waals surface area (Å²) in [6, 6.07) is 1.29. The van der Waals surface area contributed by atoms with Crippen molar-refractivity contribution in [3.8, 4) is 0 Å². The Hall–Kier alpha value is -1.36. The molecule has 102 valence electrons. The summed E-state index contributed by atoms with van der Waals surface area (Å²) in [5, 5.41) is 6.93. The summed E-state index contributed by atoms with van der Waals surface area (Å²) in [6.45, 7) is 3.80. The number of hydrogen-bond donors (Lipinski definition) is 1. The SMILES string of the molecule is CC1C(=O)NC(C2CC2)C(=O)N1C(C)c1ccsc1. The Morgan fingerprint density at radius 3 is 2.74 bits per heavy atom. The number of carbonyl (C=O) groups excluding carboxylic acids is 2. The second-order valence-corrected chi connectivity index (χ2v) is 6.26. The molecule has 1 saturated heterocycles. The van der Waals surface area contributed by atoms with Crippen LogP contribution >= 0.6 is 11.3 Å². The molecule has 1 aromatic rings. The van der Waals surface area contributed by atoms with E-state index in [1.165, 1.54) is 0 Å². The highest BCUT2D eigenvalue weighted by atomic mass is 32.1. The van der Waals surface area contributed by atoms with Gasteiger partial charge in [0.05, 0.1) is 6.04 Å². The van der Waals surface area contributed by atoms with Crippen molar-refractivity contribution >= 4 is 23.2 Å². The van der Waals surface area contributed by atoms with E-state index in [4.69, 9.17) is 0 Å². The van der Waals surface area contributed by atoms with Crippen molar-refractivity contribution in [3.05, 3.63) is 22.4 Å². The standard InChI is InChI=1S/C14H18N2O2S/c1-8(11-5-6-19-7-11)16-9(2)13(17)15-12(14(16)18)10-3-4-10/h5-10,12H,3-4H2,1-2H3,(H,15,17). The van der Waals surface area contributed by atoms with Gasteiger partial charge in [0.15, 0.2) is 0 Å². The molecule has 0 radical (unpaired) electrons. The zero-order valence-corrected chi connectivity index (χ0v) is 11.9. The fourth-order valence-electron chi connectivity index (χ4n) is 2.76. The number of carbonyl (C=O) groups is 2. The van der Waals surface area contributed by atoms with Crippen molar-refractivity contribution in [1.29, 1.82) is 0 Å². The van der Waals surface area contributed by atoms with E-state index in [2.05, 4.69) is 5.32 Å². The summed E-state index contributed by atoms with van der Waals surface area (Å²) >= 11 is 1.62. The quantitative estimate of drug-likeness (QED) is 0.918. The molecular formula is C14H18N2O2S. The van der Waals surface area contributed by atoms with Crippen molar-refractivity contribution in [2.75, 3.05) is 0 Å². The van der Waals surface area contributed by atoms with Crippen molar-refractivity contribution in [2.45, 2.75) is 44.8 Å². The predicted molar refractivity (Wildman–Crippen MR) is 73.7 cm³/mol. The number of amides is 2. The van der Waals surface area contributed by atoms with Crippen molar-refractivity contribution in [2.24, 2.45) is 5.92 Å². The van der Waals surface area contributed by atoms with Gasteiger partial charge in [-0.15, -0.1) is 0 Å². The number of rotatable bonds is 3. The third kappa shape index (κ3) is 2.16. The maximum Gasteiger partial charge on any atom is 0.246 e. The number of nitrogens with zero attached hydrogens (tertiary/aromatic N) is 1. The molecule has 4 nitrogen and oxygen atoms in total. The fourth-order valence-corrected chi connectivity index (χ4v) is 3.51. The van der Waals surface area contributed by atoms with Gasteiger partial charge in [-0.25, -0.2) is 0 Å². The van der Waals surface area contributed by atoms with E-state index in [9.17, 15) is 9.59 Å². The molecule has 1 aliphatic heterocycles. The van der Waals surface area contributed by atoms with E-state index < -0.39 is 6.04 Å². The number of nitrogens with one attached hydrogen (secondary N) is 1. The monoisotopic (exact) mass is 278 g/mol. The van der Waals surface area contributed by atoms with E-state index in [0.29, 0.717) is 5.92 Å². The smallest absolute Gasteiger partial charge is 0.246 e. The van der Waals surface area contributed by atoms with Crippen LogP contribution in [-0.4, -0.2) is 28.8 Å². The third-order valence-electron chi connectivity index (χ3n) is 4.15. The predicted octanol–water partition coefficient (Wildman–Crippen LogP) is 1.93. The van der Waals surface area contributed by atoms with Gasteiger partial charge in [0.1, 0.15) is 12.1 Å². The average molecular weight is 278 g/mol. The summed E-state index contributed by atoms with van der Waals surface area (Å²) in [5.41, 5.74) is 1.11. The van der Waals surface area contributed by atoms with Crippen LogP contribution < -0.4 is 5.32 Å². The zero-order chi connectivity index (χ0) is 13.6. The average Bonchev–Trinajstić information content (AvgIpc) is 3.07. The van der Waals surface area contributed by atoms with Crippen LogP contribution in [0.15, 0.2) is 16.8 Å². The molecule has 2 heterocycles. The summed E-state index contributed by atoms with van der Waals surface area (Å²) in [7, 11) is 0. The van der Waals surface area contributed by atoms with Gasteiger partial charge in [0.25, 0.3) is 0 Å². The molecule has 2 amide bonds. The van der Waals surface area contributed by atoms with E-state index in [-0.39, 0.29) is 23.9 Å². The van der Waals surface area contributed by atoms with Gasteiger partial charge < -0.3 is 10.2 Å². The molecule has 1 N–H and O–H groups in total. The highest BCUT2D eigenvalue weighted by Crippen LogP contribution is 2.37. The van der Waals surface area contributed by atoms with E-state index in [1.54, 1.807) is 23.2 Å². The molecule has 5 heteroatoms. The molecule has 19 heavy (non-hydrogen) atoms. The van der Waals surface area contributed by atoms with Crippen molar-refractivity contribution in [1.82, 2.24) is 10.2 Å². The van der Waals surface area contributed by atoms with Crippen LogP contribution in [0.1, 0.15) is 38.3 Å². The van der Waals surface area contributed by atoms with Gasteiger partial charge >= 0.3 is 0 Å². The van der Waals surface area contributed by atoms with E-state index >= 15 is 0 Å². The number of piperazine rings is 1. The Kier molecular flexibility index (Phi) is 3.09. The second kappa shape index (κ2) is 4.63. The Bertz CT molecular complexity index is 496. The van der Waals surface area contributed by atoms with Gasteiger partial charge in [-0.05, 0) is 55.0 Å². The van der Waals surface area contributed by atoms with E-state index in [0.717, 1.165) is 18.4 Å². The normalized spacial score (nSPS) is 29.3. The summed E-state index contributed by atoms with van der Waals surface area (Å²) in [5.74, 6) is 0.396. The molecule has 2 fully saturated rings.